The normalized spacial score (nSPS) is 18.9. The van der Waals surface area contributed by atoms with Crippen LogP contribution in [0, 0.1) is 0 Å². The van der Waals surface area contributed by atoms with Crippen LogP contribution in [0.3, 0.4) is 0 Å². The van der Waals surface area contributed by atoms with Crippen molar-refractivity contribution in [1.29, 1.82) is 0 Å². The second kappa shape index (κ2) is 16.7. The van der Waals surface area contributed by atoms with Gasteiger partial charge in [-0.25, -0.2) is 19.2 Å². The minimum Gasteiger partial charge on any atom is -0.459 e. The lowest BCUT2D eigenvalue weighted by atomic mass is 9.98. The van der Waals surface area contributed by atoms with E-state index in [0.717, 1.165) is 21.5 Å². The second-order valence-electron chi connectivity index (χ2n) is 14.4. The summed E-state index contributed by atoms with van der Waals surface area (Å²) in [4.78, 5) is 56.7. The summed E-state index contributed by atoms with van der Waals surface area (Å²) in [5.74, 6) is -2.94. The summed E-state index contributed by atoms with van der Waals surface area (Å²) in [7, 11) is 0. The number of thiol groups is 1. The highest BCUT2D eigenvalue weighted by atomic mass is 32.1. The van der Waals surface area contributed by atoms with E-state index in [-0.39, 0.29) is 16.7 Å². The summed E-state index contributed by atoms with van der Waals surface area (Å²) in [5.41, 5.74) is -0.216. The van der Waals surface area contributed by atoms with Gasteiger partial charge in [-0.05, 0) is 67.4 Å². The maximum atomic E-state index is 14.4. The van der Waals surface area contributed by atoms with Gasteiger partial charge in [0.1, 0.15) is 18.1 Å². The van der Waals surface area contributed by atoms with E-state index < -0.39 is 60.3 Å². The van der Waals surface area contributed by atoms with Gasteiger partial charge in [0.05, 0.1) is 22.3 Å². The lowest BCUT2D eigenvalue weighted by Crippen LogP contribution is -2.61. The first-order chi connectivity index (χ1) is 29.3. The fourth-order valence-corrected chi connectivity index (χ4v) is 8.23. The molecule has 8 aromatic rings. The molecule has 0 bridgehead atoms. The van der Waals surface area contributed by atoms with E-state index in [0.29, 0.717) is 27.1 Å². The van der Waals surface area contributed by atoms with Crippen molar-refractivity contribution in [1.82, 2.24) is 0 Å². The molecule has 0 unspecified atom stereocenters. The van der Waals surface area contributed by atoms with Crippen LogP contribution in [0.4, 0.5) is 0 Å². The van der Waals surface area contributed by atoms with Crippen molar-refractivity contribution in [2.24, 2.45) is 0 Å². The summed E-state index contributed by atoms with van der Waals surface area (Å²) in [6.45, 7) is -0.446. The molecule has 1 fully saturated rings. The molecular formula is C50H36O9S. The quantitative estimate of drug-likeness (QED) is 0.0865. The molecule has 0 saturated carbocycles. The number of ether oxygens (including phenoxy) is 5. The lowest BCUT2D eigenvalue weighted by molar-refractivity contribution is -0.206. The van der Waals surface area contributed by atoms with E-state index in [9.17, 15) is 19.2 Å². The average Bonchev–Trinajstić information content (AvgIpc) is 3.29. The number of carbonyl (C=O) groups is 4. The standard InChI is InChI=1S/C50H36O9S/c51-46(38-25-9-17-30-13-1-5-21-34(30)38)55-29-42-43(57-47(52)39-26-10-18-31-14-2-6-22-35(31)39)44(58-48(53)40-27-11-19-32-15-3-7-23-36(32)40)45(50(60)56-42)59-49(54)41-28-12-20-33-16-4-8-24-37(33)41/h1-28,42-45,50,60H,29H2/t42-,43-,44+,45-,50+/m1/s1. The molecule has 0 amide bonds. The smallest absolute Gasteiger partial charge is 0.339 e. The van der Waals surface area contributed by atoms with E-state index in [1.165, 1.54) is 0 Å². The molecule has 8 aromatic carbocycles. The molecule has 1 aliphatic heterocycles. The Morgan fingerprint density at radius 3 is 1.12 bits per heavy atom. The van der Waals surface area contributed by atoms with Crippen LogP contribution in [0.1, 0.15) is 41.4 Å². The summed E-state index contributed by atoms with van der Waals surface area (Å²) < 4.78 is 31.1. The number of carbonyl (C=O) groups excluding carboxylic acids is 4. The van der Waals surface area contributed by atoms with Crippen LogP contribution in [-0.4, -0.2) is 60.3 Å². The van der Waals surface area contributed by atoms with Gasteiger partial charge in [-0.3, -0.25) is 0 Å². The lowest BCUT2D eigenvalue weighted by Gasteiger charge is -2.43. The Bertz CT molecular complexity index is 2920. The summed E-state index contributed by atoms with van der Waals surface area (Å²) in [6, 6.07) is 50.4. The molecule has 1 saturated heterocycles. The second-order valence-corrected chi connectivity index (χ2v) is 14.9. The Labute approximate surface area is 349 Å². The van der Waals surface area contributed by atoms with Gasteiger partial charge >= 0.3 is 23.9 Å². The van der Waals surface area contributed by atoms with Crippen molar-refractivity contribution in [2.45, 2.75) is 29.9 Å². The third-order valence-corrected chi connectivity index (χ3v) is 11.2. The summed E-state index contributed by atoms with van der Waals surface area (Å²) in [5, 5.41) is 5.80. The largest absolute Gasteiger partial charge is 0.459 e. The first-order valence-corrected chi connectivity index (χ1v) is 19.9. The van der Waals surface area contributed by atoms with E-state index in [4.69, 9.17) is 36.3 Å². The molecule has 5 atom stereocenters. The molecule has 1 heterocycles. The molecule has 0 radical (unpaired) electrons. The highest BCUT2D eigenvalue weighted by Gasteiger charge is 2.52. The van der Waals surface area contributed by atoms with Crippen molar-refractivity contribution >= 4 is 79.6 Å². The van der Waals surface area contributed by atoms with Crippen molar-refractivity contribution in [3.63, 3.8) is 0 Å². The topological polar surface area (TPSA) is 114 Å². The predicted octanol–water partition coefficient (Wildman–Crippen LogP) is 9.79. The van der Waals surface area contributed by atoms with Crippen molar-refractivity contribution in [3.05, 3.63) is 192 Å². The molecule has 10 heteroatoms. The van der Waals surface area contributed by atoms with Crippen LogP contribution >= 0.6 is 12.6 Å². The fraction of sp³-hybridized carbons (Fsp3) is 0.120. The molecule has 9 nitrogen and oxygen atoms in total. The Kier molecular flexibility index (Phi) is 10.7. The molecule has 0 aliphatic carbocycles. The fourth-order valence-electron chi connectivity index (χ4n) is 7.84. The molecule has 1 aliphatic rings. The van der Waals surface area contributed by atoms with E-state index in [1.807, 2.05) is 91.0 Å². The third kappa shape index (κ3) is 7.54. The van der Waals surface area contributed by atoms with Crippen molar-refractivity contribution in [3.8, 4) is 0 Å². The van der Waals surface area contributed by atoms with Crippen LogP contribution in [0.5, 0.6) is 0 Å². The minimum atomic E-state index is -1.51. The highest BCUT2D eigenvalue weighted by Crippen LogP contribution is 2.34. The highest BCUT2D eigenvalue weighted by molar-refractivity contribution is 7.80. The summed E-state index contributed by atoms with van der Waals surface area (Å²) >= 11 is 4.74. The van der Waals surface area contributed by atoms with Gasteiger partial charge in [0.25, 0.3) is 0 Å². The van der Waals surface area contributed by atoms with E-state index in [2.05, 4.69) is 0 Å². The van der Waals surface area contributed by atoms with Gasteiger partial charge in [-0.15, -0.1) is 12.6 Å². The number of hydrogen-bond acceptors (Lipinski definition) is 10. The molecule has 0 aromatic heterocycles. The van der Waals surface area contributed by atoms with Gasteiger partial charge in [-0.1, -0.05) is 146 Å². The van der Waals surface area contributed by atoms with Gasteiger partial charge < -0.3 is 23.7 Å². The van der Waals surface area contributed by atoms with Crippen LogP contribution in [-0.2, 0) is 23.7 Å². The zero-order valence-corrected chi connectivity index (χ0v) is 32.8. The number of benzene rings is 8. The van der Waals surface area contributed by atoms with Crippen LogP contribution in [0.15, 0.2) is 170 Å². The number of rotatable bonds is 9. The van der Waals surface area contributed by atoms with Crippen molar-refractivity contribution in [2.75, 3.05) is 6.61 Å². The Hall–Kier alpha value is -7.01. The first kappa shape index (κ1) is 38.5. The maximum absolute atomic E-state index is 14.4. The Morgan fingerprint density at radius 2 is 0.717 bits per heavy atom. The monoisotopic (exact) mass is 812 g/mol. The third-order valence-electron chi connectivity index (χ3n) is 10.8. The molecule has 296 valence electrons. The van der Waals surface area contributed by atoms with Gasteiger partial charge in [0, 0.05) is 0 Å². The van der Waals surface area contributed by atoms with E-state index in [1.54, 1.807) is 78.9 Å². The molecule has 9 rings (SSSR count). The van der Waals surface area contributed by atoms with Crippen LogP contribution in [0.2, 0.25) is 0 Å². The number of fused-ring (bicyclic) bond motifs is 4. The molecular weight excluding hydrogens is 777 g/mol. The maximum Gasteiger partial charge on any atom is 0.339 e. The zero-order chi connectivity index (χ0) is 41.2. The Morgan fingerprint density at radius 1 is 0.400 bits per heavy atom. The molecule has 0 spiro atoms. The number of esters is 4. The van der Waals surface area contributed by atoms with Gasteiger partial charge in [-0.2, -0.15) is 0 Å². The van der Waals surface area contributed by atoms with Gasteiger partial charge in [0.2, 0.25) is 0 Å². The molecule has 60 heavy (non-hydrogen) atoms. The average molecular weight is 813 g/mol. The number of hydrogen-bond donors (Lipinski definition) is 1. The summed E-state index contributed by atoms with van der Waals surface area (Å²) in [6.07, 6.45) is -5.66. The van der Waals surface area contributed by atoms with Crippen LogP contribution < -0.4 is 0 Å². The van der Waals surface area contributed by atoms with E-state index >= 15 is 0 Å². The zero-order valence-electron chi connectivity index (χ0n) is 31.9. The van der Waals surface area contributed by atoms with Crippen molar-refractivity contribution < 1.29 is 42.9 Å². The van der Waals surface area contributed by atoms with Gasteiger partial charge in [0.15, 0.2) is 18.3 Å². The first-order valence-electron chi connectivity index (χ1n) is 19.4. The van der Waals surface area contributed by atoms with Crippen LogP contribution in [0.25, 0.3) is 43.1 Å². The Balaban J connectivity index is 1.11. The molecule has 0 N–H and O–H groups in total. The minimum absolute atomic E-state index is 0.229. The SMILES string of the molecule is O=C(OC[C@H]1O[C@@H](S)[C@H](OC(=O)c2cccc3ccccc23)[C@@H](OC(=O)c2cccc3ccccc23)[C@@H]1OC(=O)c1cccc2ccccc12)c1cccc2ccccc12. The predicted molar refractivity (Wildman–Crippen MR) is 231 cm³/mol.